The molecule has 0 unspecified atom stereocenters. The van der Waals surface area contributed by atoms with Gasteiger partial charge in [-0.3, -0.25) is 14.6 Å². The number of thiazole rings is 1. The van der Waals surface area contributed by atoms with Crippen molar-refractivity contribution in [2.24, 2.45) is 0 Å². The van der Waals surface area contributed by atoms with Crippen LogP contribution in [0.1, 0.15) is 24.5 Å². The summed E-state index contributed by atoms with van der Waals surface area (Å²) in [6, 6.07) is 20.8. The Labute approximate surface area is 205 Å². The van der Waals surface area contributed by atoms with Crippen molar-refractivity contribution in [2.75, 3.05) is 44.3 Å². The van der Waals surface area contributed by atoms with Crippen LogP contribution in [0, 0.1) is 0 Å². The van der Waals surface area contributed by atoms with E-state index in [1.54, 1.807) is 11.3 Å². The molecule has 0 N–H and O–H groups in total. The molecule has 0 radical (unpaired) electrons. The van der Waals surface area contributed by atoms with Gasteiger partial charge in [-0.1, -0.05) is 72.9 Å². The first kappa shape index (κ1) is 23.0. The maximum Gasteiger partial charge on any atom is 0.233 e. The van der Waals surface area contributed by atoms with Crippen LogP contribution in [0.3, 0.4) is 0 Å². The molecule has 0 spiro atoms. The number of amides is 1. The molecule has 1 saturated heterocycles. The van der Waals surface area contributed by atoms with E-state index >= 15 is 0 Å². The van der Waals surface area contributed by atoms with Gasteiger partial charge < -0.3 is 4.74 Å². The molecule has 0 atom stereocenters. The highest BCUT2D eigenvalue weighted by molar-refractivity contribution is 7.22. The van der Waals surface area contributed by atoms with Crippen LogP contribution < -0.4 is 4.90 Å². The van der Waals surface area contributed by atoms with Crippen LogP contribution in [0.5, 0.6) is 0 Å². The number of rotatable bonds is 8. The van der Waals surface area contributed by atoms with E-state index in [4.69, 9.17) is 9.72 Å². The Kier molecular flexibility index (Phi) is 7.19. The fourth-order valence-corrected chi connectivity index (χ4v) is 5.76. The van der Waals surface area contributed by atoms with Crippen molar-refractivity contribution in [3.05, 3.63) is 71.8 Å². The van der Waals surface area contributed by atoms with E-state index in [2.05, 4.69) is 54.3 Å². The van der Waals surface area contributed by atoms with Gasteiger partial charge in [0.2, 0.25) is 5.91 Å². The summed E-state index contributed by atoms with van der Waals surface area (Å²) in [6.07, 6.45) is 2.22. The van der Waals surface area contributed by atoms with Gasteiger partial charge in [-0.2, -0.15) is 0 Å². The number of nitrogens with zero attached hydrogens (tertiary/aromatic N) is 3. The number of hydrogen-bond donors (Lipinski definition) is 0. The third kappa shape index (κ3) is 4.99. The van der Waals surface area contributed by atoms with Crippen molar-refractivity contribution >= 4 is 43.4 Å². The summed E-state index contributed by atoms with van der Waals surface area (Å²) in [7, 11) is 0. The molecule has 5 nitrogen and oxygen atoms in total. The van der Waals surface area contributed by atoms with Crippen molar-refractivity contribution in [3.63, 3.8) is 0 Å². The highest BCUT2D eigenvalue weighted by Crippen LogP contribution is 2.32. The van der Waals surface area contributed by atoms with Crippen molar-refractivity contribution in [1.82, 2.24) is 9.88 Å². The first-order valence-electron chi connectivity index (χ1n) is 12.2. The number of carbonyl (C=O) groups excluding carboxylic acids is 1. The maximum absolute atomic E-state index is 13.7. The average molecular weight is 474 g/mol. The Morgan fingerprint density at radius 1 is 1.03 bits per heavy atom. The SMILES string of the molecule is CCc1cccc2sc(N(CCCN3CCOCC3)C(=O)Cc3cccc4ccccc34)nc12. The Morgan fingerprint density at radius 2 is 1.79 bits per heavy atom. The van der Waals surface area contributed by atoms with Crippen molar-refractivity contribution in [1.29, 1.82) is 0 Å². The quantitative estimate of drug-likeness (QED) is 0.348. The minimum atomic E-state index is 0.107. The van der Waals surface area contributed by atoms with Gasteiger partial charge in [-0.15, -0.1) is 0 Å². The summed E-state index contributed by atoms with van der Waals surface area (Å²) in [6.45, 7) is 7.30. The van der Waals surface area contributed by atoms with Gasteiger partial charge in [0.25, 0.3) is 0 Å². The summed E-state index contributed by atoms with van der Waals surface area (Å²) in [4.78, 5) is 23.0. The van der Waals surface area contributed by atoms with Gasteiger partial charge in [0.05, 0.1) is 29.9 Å². The molecule has 2 heterocycles. The number of aryl methyl sites for hydroxylation is 1. The number of carbonyl (C=O) groups is 1. The summed E-state index contributed by atoms with van der Waals surface area (Å²) in [5.41, 5.74) is 3.33. The topological polar surface area (TPSA) is 45.7 Å². The predicted octanol–water partition coefficient (Wildman–Crippen LogP) is 5.31. The van der Waals surface area contributed by atoms with E-state index in [-0.39, 0.29) is 5.91 Å². The van der Waals surface area contributed by atoms with Gasteiger partial charge >= 0.3 is 0 Å². The van der Waals surface area contributed by atoms with Gasteiger partial charge in [-0.25, -0.2) is 4.98 Å². The lowest BCUT2D eigenvalue weighted by Gasteiger charge is -2.27. The highest BCUT2D eigenvalue weighted by atomic mass is 32.1. The lowest BCUT2D eigenvalue weighted by atomic mass is 10.0. The van der Waals surface area contributed by atoms with Crippen LogP contribution in [-0.2, 0) is 22.4 Å². The second-order valence-electron chi connectivity index (χ2n) is 8.78. The Balaban J connectivity index is 1.41. The summed E-state index contributed by atoms with van der Waals surface area (Å²) in [5, 5.41) is 3.12. The Morgan fingerprint density at radius 3 is 2.65 bits per heavy atom. The summed E-state index contributed by atoms with van der Waals surface area (Å²) >= 11 is 1.62. The largest absolute Gasteiger partial charge is 0.379 e. The van der Waals surface area contributed by atoms with Gasteiger partial charge in [0.1, 0.15) is 0 Å². The molecule has 5 rings (SSSR count). The lowest BCUT2D eigenvalue weighted by molar-refractivity contribution is -0.118. The molecule has 0 aliphatic carbocycles. The zero-order valence-corrected chi connectivity index (χ0v) is 20.5. The zero-order valence-electron chi connectivity index (χ0n) is 19.7. The van der Waals surface area contributed by atoms with E-state index in [1.165, 1.54) is 10.9 Å². The number of ether oxygens (including phenoxy) is 1. The molecule has 1 fully saturated rings. The van der Waals surface area contributed by atoms with E-state index in [9.17, 15) is 4.79 Å². The molecule has 176 valence electrons. The average Bonchev–Trinajstić information content (AvgIpc) is 3.31. The number of aromatic nitrogens is 1. The number of fused-ring (bicyclic) bond motifs is 2. The summed E-state index contributed by atoms with van der Waals surface area (Å²) < 4.78 is 6.62. The van der Waals surface area contributed by atoms with Crippen LogP contribution in [-0.4, -0.2) is 55.2 Å². The van der Waals surface area contributed by atoms with E-state index in [1.807, 2.05) is 23.1 Å². The fraction of sp³-hybridized carbons (Fsp3) is 0.357. The lowest BCUT2D eigenvalue weighted by Crippen LogP contribution is -2.39. The van der Waals surface area contributed by atoms with Crippen LogP contribution >= 0.6 is 11.3 Å². The van der Waals surface area contributed by atoms with Gasteiger partial charge in [0.15, 0.2) is 5.13 Å². The van der Waals surface area contributed by atoms with E-state index < -0.39 is 0 Å². The number of morpholine rings is 1. The third-order valence-corrected chi connectivity index (χ3v) is 7.63. The zero-order chi connectivity index (χ0) is 23.3. The minimum Gasteiger partial charge on any atom is -0.379 e. The van der Waals surface area contributed by atoms with Gasteiger partial charge in [0, 0.05) is 26.2 Å². The number of para-hydroxylation sites is 1. The fourth-order valence-electron chi connectivity index (χ4n) is 4.70. The highest BCUT2D eigenvalue weighted by Gasteiger charge is 2.22. The molecule has 0 saturated carbocycles. The van der Waals surface area contributed by atoms with Crippen LogP contribution in [0.25, 0.3) is 21.0 Å². The molecule has 4 aromatic rings. The van der Waals surface area contributed by atoms with Crippen LogP contribution in [0.4, 0.5) is 5.13 Å². The molecular weight excluding hydrogens is 442 g/mol. The molecule has 34 heavy (non-hydrogen) atoms. The smallest absolute Gasteiger partial charge is 0.233 e. The molecular formula is C28H31N3O2S. The number of anilines is 1. The molecule has 1 aromatic heterocycles. The predicted molar refractivity (Wildman–Crippen MR) is 141 cm³/mol. The molecule has 1 aliphatic rings. The molecule has 1 amide bonds. The number of hydrogen-bond acceptors (Lipinski definition) is 5. The summed E-state index contributed by atoms with van der Waals surface area (Å²) in [5.74, 6) is 0.107. The third-order valence-electron chi connectivity index (χ3n) is 6.59. The van der Waals surface area contributed by atoms with Gasteiger partial charge in [-0.05, 0) is 40.8 Å². The van der Waals surface area contributed by atoms with Crippen LogP contribution in [0.15, 0.2) is 60.7 Å². The number of benzene rings is 3. The van der Waals surface area contributed by atoms with E-state index in [0.29, 0.717) is 13.0 Å². The first-order chi connectivity index (χ1) is 16.7. The molecule has 6 heteroatoms. The standard InChI is InChI=1S/C28H31N3O2S/c1-2-21-9-6-13-25-27(21)29-28(34-25)31(15-7-14-30-16-18-33-19-17-30)26(32)20-23-11-5-10-22-8-3-4-12-24(22)23/h3-6,8-13H,2,7,14-20H2,1H3. The van der Waals surface area contributed by atoms with Crippen molar-refractivity contribution in [3.8, 4) is 0 Å². The molecule has 0 bridgehead atoms. The van der Waals surface area contributed by atoms with Crippen molar-refractivity contribution < 1.29 is 9.53 Å². The maximum atomic E-state index is 13.7. The second-order valence-corrected chi connectivity index (χ2v) is 9.79. The monoisotopic (exact) mass is 473 g/mol. The second kappa shape index (κ2) is 10.6. The van der Waals surface area contributed by atoms with Crippen molar-refractivity contribution in [2.45, 2.75) is 26.2 Å². The molecule has 1 aliphatic heterocycles. The van der Waals surface area contributed by atoms with E-state index in [0.717, 1.165) is 72.0 Å². The Bertz CT molecular complexity index is 1270. The normalized spacial score (nSPS) is 14.6. The van der Waals surface area contributed by atoms with Crippen LogP contribution in [0.2, 0.25) is 0 Å². The molecule has 3 aromatic carbocycles. The minimum absolute atomic E-state index is 0.107. The first-order valence-corrected chi connectivity index (χ1v) is 13.0. The Hall–Kier alpha value is -2.80.